The summed E-state index contributed by atoms with van der Waals surface area (Å²) < 4.78 is 49.8. The fraction of sp³-hybridized carbons (Fsp3) is 0.600. The number of nitrogen functional groups attached to an aromatic ring is 1. The second-order valence-corrected chi connectivity index (χ2v) is 9.98. The molecule has 0 bridgehead atoms. The number of aliphatic hydroxyl groups is 1. The maximum absolute atomic E-state index is 11.9. The minimum Gasteiger partial charge on any atom is -0.790 e. The predicted octanol–water partition coefficient (Wildman–Crippen LogP) is -15.4. The van der Waals surface area contributed by atoms with Crippen LogP contribution in [-0.2, 0) is 31.6 Å². The van der Waals surface area contributed by atoms with Gasteiger partial charge in [0.25, 0.3) is 15.6 Å². The fourth-order valence-electron chi connectivity index (χ4n) is 2.27. The molecule has 0 radical (unpaired) electrons. The number of rotatable bonds is 8. The molecule has 33 heavy (non-hydrogen) atoms. The Morgan fingerprint density at radius 2 is 1.70 bits per heavy atom. The molecule has 1 aliphatic rings. The van der Waals surface area contributed by atoms with Crippen LogP contribution >= 0.6 is 23.5 Å². The van der Waals surface area contributed by atoms with Crippen molar-refractivity contribution in [2.75, 3.05) is 12.3 Å². The summed E-state index contributed by atoms with van der Waals surface area (Å²) in [6.07, 6.45) is -2.63. The summed E-state index contributed by atoms with van der Waals surface area (Å²) in [5.41, 5.74) is 5.13. The minimum absolute atomic E-state index is 0. The zero-order chi connectivity index (χ0) is 22.2. The molecule has 5 unspecified atom stereocenters. The molecule has 5 atom stereocenters. The second-order valence-electron chi connectivity index (χ2n) is 5.73. The quantitative estimate of drug-likeness (QED) is 0.245. The Balaban J connectivity index is -0.00000225. The zero-order valence-corrected chi connectivity index (χ0v) is 21.1. The van der Waals surface area contributed by atoms with Crippen molar-refractivity contribution in [2.24, 2.45) is 0 Å². The van der Waals surface area contributed by atoms with Crippen molar-refractivity contribution in [1.29, 1.82) is 0 Å². The van der Waals surface area contributed by atoms with Crippen molar-refractivity contribution in [3.63, 3.8) is 0 Å². The Bertz CT molecular complexity index is 977. The molecule has 1 saturated heterocycles. The molecule has 0 amide bonds. The third kappa shape index (κ3) is 12.5. The van der Waals surface area contributed by atoms with E-state index in [9.17, 15) is 43.2 Å². The van der Waals surface area contributed by atoms with Gasteiger partial charge in [-0.2, -0.15) is 4.98 Å². The summed E-state index contributed by atoms with van der Waals surface area (Å²) in [4.78, 5) is 58.5. The molecule has 0 spiro atoms. The van der Waals surface area contributed by atoms with E-state index in [1.54, 1.807) is 6.92 Å². The van der Waals surface area contributed by atoms with Gasteiger partial charge in [0.2, 0.25) is 0 Å². The number of nitrogens with zero attached hydrogens (tertiary/aromatic N) is 2. The molecule has 1 aliphatic heterocycles. The number of anilines is 1. The smallest absolute Gasteiger partial charge is 0.790 e. The average molecular weight is 505 g/mol. The van der Waals surface area contributed by atoms with Crippen LogP contribution in [0.1, 0.15) is 18.2 Å². The van der Waals surface area contributed by atoms with E-state index in [4.69, 9.17) is 10.5 Å². The van der Waals surface area contributed by atoms with Gasteiger partial charge in [0.05, 0.1) is 20.5 Å². The van der Waals surface area contributed by atoms with E-state index in [1.165, 1.54) is 6.20 Å². The first-order valence-electron chi connectivity index (χ1n) is 7.49. The van der Waals surface area contributed by atoms with Crippen molar-refractivity contribution in [3.8, 4) is 0 Å². The first-order valence-corrected chi connectivity index (χ1v) is 11.9. The normalized spacial score (nSPS) is 23.5. The van der Waals surface area contributed by atoms with Crippen molar-refractivity contribution in [3.05, 3.63) is 22.2 Å². The minimum atomic E-state index is -6.11. The van der Waals surface area contributed by atoms with Gasteiger partial charge in [0.15, 0.2) is 0 Å². The summed E-state index contributed by atoms with van der Waals surface area (Å²) in [6, 6.07) is 0. The van der Waals surface area contributed by atoms with Crippen LogP contribution in [0.5, 0.6) is 0 Å². The SMILES string of the molecule is Cc1cn(C2CC(O)C(COP(=O)([O-])OP(=O)([O-])OP(=O)([O-])[O-])O2)c(=O)nc1N.[Li+].[Li+].[Li+].[Li+]. The van der Waals surface area contributed by atoms with Gasteiger partial charge in [0, 0.05) is 18.2 Å². The molecular weight excluding hydrogens is 491 g/mol. The van der Waals surface area contributed by atoms with E-state index in [2.05, 4.69) is 18.1 Å². The maximum Gasteiger partial charge on any atom is 1.00 e. The van der Waals surface area contributed by atoms with Crippen LogP contribution < -0.4 is 106 Å². The van der Waals surface area contributed by atoms with Crippen LogP contribution in [0.25, 0.3) is 0 Å². The molecule has 1 aromatic rings. The van der Waals surface area contributed by atoms with Gasteiger partial charge >= 0.3 is 81.1 Å². The first-order chi connectivity index (χ1) is 13.1. The van der Waals surface area contributed by atoms with E-state index in [0.717, 1.165) is 4.57 Å². The van der Waals surface area contributed by atoms with Crippen LogP contribution in [0.4, 0.5) is 5.82 Å². The van der Waals surface area contributed by atoms with Gasteiger partial charge in [-0.15, -0.1) is 0 Å². The van der Waals surface area contributed by atoms with E-state index in [1.807, 2.05) is 0 Å². The summed E-state index contributed by atoms with van der Waals surface area (Å²) in [7, 11) is -17.9. The fourth-order valence-corrected chi connectivity index (χ4v) is 5.13. The maximum atomic E-state index is 11.9. The molecule has 16 nitrogen and oxygen atoms in total. The van der Waals surface area contributed by atoms with Gasteiger partial charge in [-0.25, -0.2) is 9.11 Å². The first kappa shape index (κ1) is 38.9. The molecule has 166 valence electrons. The van der Waals surface area contributed by atoms with Crippen molar-refractivity contribution < 1.29 is 132 Å². The number of hydrogen-bond donors (Lipinski definition) is 2. The van der Waals surface area contributed by atoms with E-state index < -0.39 is 54.2 Å². The molecule has 2 heterocycles. The van der Waals surface area contributed by atoms with Crippen LogP contribution in [0.2, 0.25) is 0 Å². The summed E-state index contributed by atoms with van der Waals surface area (Å²) in [5.74, 6) is -0.0147. The Kier molecular flexibility index (Phi) is 17.7. The van der Waals surface area contributed by atoms with E-state index >= 15 is 0 Å². The van der Waals surface area contributed by atoms with Crippen molar-refractivity contribution in [2.45, 2.75) is 31.8 Å². The molecule has 2 rings (SSSR count). The summed E-state index contributed by atoms with van der Waals surface area (Å²) >= 11 is 0. The molecule has 1 fully saturated rings. The standard InChI is InChI=1S/C10H18N3O13P3.4Li/c1-5-3-13(10(15)12-9(5)11)8-2-6(14)7(24-8)4-23-28(19,20)26-29(21,22)25-27(16,17)18;;;;/h3,6-8,14H,2,4H2,1H3,(H,19,20)(H,21,22)(H2,11,12,15)(H2,16,17,18);;;;/q;4*+1/p-4. The summed E-state index contributed by atoms with van der Waals surface area (Å²) in [6.45, 7) is 0.586. The monoisotopic (exact) mass is 505 g/mol. The van der Waals surface area contributed by atoms with E-state index in [-0.39, 0.29) is 87.7 Å². The largest absolute Gasteiger partial charge is 1.00 e. The number of nitrogens with two attached hydrogens (primary N) is 1. The second kappa shape index (κ2) is 15.0. The molecule has 23 heteroatoms. The molecule has 1 aromatic heterocycles. The number of phosphoric ester groups is 1. The Hall–Kier alpha value is 1.40. The number of aliphatic hydroxyl groups excluding tert-OH is 1. The molecule has 3 N–H and O–H groups in total. The van der Waals surface area contributed by atoms with Crippen LogP contribution in [-0.4, -0.2) is 33.5 Å². The third-order valence-corrected chi connectivity index (χ3v) is 7.15. The Labute approximate surface area is 235 Å². The van der Waals surface area contributed by atoms with Crippen LogP contribution in [0.3, 0.4) is 0 Å². The molecule has 0 aromatic carbocycles. The number of aryl methyl sites for hydroxylation is 1. The van der Waals surface area contributed by atoms with Gasteiger partial charge < -0.3 is 44.2 Å². The Morgan fingerprint density at radius 1 is 1.15 bits per heavy atom. The number of ether oxygens (including phenoxy) is 1. The topological polar surface area (TPSA) is 262 Å². The van der Waals surface area contributed by atoms with Crippen LogP contribution in [0.15, 0.2) is 11.0 Å². The van der Waals surface area contributed by atoms with Crippen molar-refractivity contribution >= 4 is 29.3 Å². The van der Waals surface area contributed by atoms with Gasteiger partial charge in [0.1, 0.15) is 18.1 Å². The predicted molar refractivity (Wildman–Crippen MR) is 83.1 cm³/mol. The third-order valence-electron chi connectivity index (χ3n) is 3.49. The average Bonchev–Trinajstić information content (AvgIpc) is 2.86. The van der Waals surface area contributed by atoms with Gasteiger partial charge in [-0.1, -0.05) is 0 Å². The van der Waals surface area contributed by atoms with Gasteiger partial charge in [-0.3, -0.25) is 18.0 Å². The number of phosphoric acid groups is 3. The molecule has 0 aliphatic carbocycles. The Morgan fingerprint density at radius 3 is 2.21 bits per heavy atom. The van der Waals surface area contributed by atoms with E-state index in [0.29, 0.717) is 5.56 Å². The van der Waals surface area contributed by atoms with Crippen molar-refractivity contribution in [1.82, 2.24) is 9.55 Å². The number of hydrogen-bond acceptors (Lipinski definition) is 15. The zero-order valence-electron chi connectivity index (χ0n) is 18.4. The number of aromatic nitrogens is 2. The summed E-state index contributed by atoms with van der Waals surface area (Å²) in [5, 5.41) is 9.96. The molecular formula is C10H14Li4N3O13P3. The molecule has 0 saturated carbocycles. The van der Waals surface area contributed by atoms with Gasteiger partial charge in [-0.05, 0) is 6.92 Å². The van der Waals surface area contributed by atoms with Crippen LogP contribution in [0, 0.1) is 6.92 Å².